The second kappa shape index (κ2) is 8.15. The molecule has 7 heteroatoms. The molecule has 0 bridgehead atoms. The van der Waals surface area contributed by atoms with Crippen LogP contribution in [0.4, 0.5) is 0 Å². The SMILES string of the molecule is O=P(Oc1ccccc1)(Oc1ccccc1)[C@H](O)c1ccc(Cl)cc1Cl. The summed E-state index contributed by atoms with van der Waals surface area (Å²) < 4.78 is 24.7. The lowest BCUT2D eigenvalue weighted by molar-refractivity contribution is 0.212. The molecule has 134 valence electrons. The Labute approximate surface area is 161 Å². The second-order valence-corrected chi connectivity index (χ2v) is 8.17. The Morgan fingerprint density at radius 1 is 0.808 bits per heavy atom. The van der Waals surface area contributed by atoms with Crippen LogP contribution >= 0.6 is 30.8 Å². The van der Waals surface area contributed by atoms with Crippen molar-refractivity contribution in [1.82, 2.24) is 0 Å². The van der Waals surface area contributed by atoms with Crippen LogP contribution in [0.1, 0.15) is 11.4 Å². The molecule has 3 aromatic carbocycles. The number of para-hydroxylation sites is 2. The van der Waals surface area contributed by atoms with Gasteiger partial charge in [-0.3, -0.25) is 0 Å². The van der Waals surface area contributed by atoms with Gasteiger partial charge in [-0.25, -0.2) is 4.57 Å². The number of benzene rings is 3. The van der Waals surface area contributed by atoms with Crippen LogP contribution in [0.15, 0.2) is 78.9 Å². The summed E-state index contributed by atoms with van der Waals surface area (Å²) >= 11 is 12.1. The maximum atomic E-state index is 13.5. The lowest BCUT2D eigenvalue weighted by Crippen LogP contribution is -2.11. The number of aliphatic hydroxyl groups is 1. The Morgan fingerprint density at radius 2 is 1.31 bits per heavy atom. The van der Waals surface area contributed by atoms with Crippen molar-refractivity contribution in [2.45, 2.75) is 5.85 Å². The lowest BCUT2D eigenvalue weighted by Gasteiger charge is -2.25. The lowest BCUT2D eigenvalue weighted by atomic mass is 10.2. The van der Waals surface area contributed by atoms with E-state index in [1.807, 2.05) is 0 Å². The van der Waals surface area contributed by atoms with E-state index in [0.29, 0.717) is 16.5 Å². The molecular weight excluding hydrogens is 394 g/mol. The summed E-state index contributed by atoms with van der Waals surface area (Å²) in [5, 5.41) is 11.4. The van der Waals surface area contributed by atoms with Gasteiger partial charge in [0.2, 0.25) is 5.85 Å². The van der Waals surface area contributed by atoms with Gasteiger partial charge in [0.05, 0.1) is 0 Å². The van der Waals surface area contributed by atoms with Gasteiger partial charge in [0.15, 0.2) is 0 Å². The van der Waals surface area contributed by atoms with Crippen molar-refractivity contribution in [1.29, 1.82) is 0 Å². The monoisotopic (exact) mass is 408 g/mol. The Morgan fingerprint density at radius 3 is 1.77 bits per heavy atom. The van der Waals surface area contributed by atoms with E-state index in [2.05, 4.69) is 0 Å². The summed E-state index contributed by atoms with van der Waals surface area (Å²) in [7, 11) is -4.09. The molecule has 1 N–H and O–H groups in total. The van der Waals surface area contributed by atoms with E-state index in [1.54, 1.807) is 66.7 Å². The maximum absolute atomic E-state index is 13.5. The van der Waals surface area contributed by atoms with E-state index < -0.39 is 13.4 Å². The molecule has 0 aliphatic carbocycles. The van der Waals surface area contributed by atoms with E-state index in [4.69, 9.17) is 32.2 Å². The largest absolute Gasteiger partial charge is 0.463 e. The number of halogens is 2. The molecule has 0 saturated heterocycles. The van der Waals surface area contributed by atoms with Crippen molar-refractivity contribution >= 4 is 30.8 Å². The normalized spacial score (nSPS) is 12.4. The van der Waals surface area contributed by atoms with Crippen LogP contribution in [0.2, 0.25) is 10.0 Å². The molecule has 0 heterocycles. The molecule has 0 amide bonds. The molecule has 0 fully saturated rings. The van der Waals surface area contributed by atoms with Gasteiger partial charge in [-0.2, -0.15) is 0 Å². The van der Waals surface area contributed by atoms with Crippen LogP contribution in [0.3, 0.4) is 0 Å². The zero-order valence-corrected chi connectivity index (χ0v) is 15.9. The van der Waals surface area contributed by atoms with E-state index >= 15 is 0 Å². The molecule has 0 saturated carbocycles. The summed E-state index contributed by atoms with van der Waals surface area (Å²) in [5.74, 6) is -1.00. The summed E-state index contributed by atoms with van der Waals surface area (Å²) in [5.41, 5.74) is 0.200. The highest BCUT2D eigenvalue weighted by Crippen LogP contribution is 2.59. The van der Waals surface area contributed by atoms with Gasteiger partial charge >= 0.3 is 7.60 Å². The van der Waals surface area contributed by atoms with Gasteiger partial charge in [0, 0.05) is 15.6 Å². The van der Waals surface area contributed by atoms with Gasteiger partial charge in [0.1, 0.15) is 11.5 Å². The predicted molar refractivity (Wildman–Crippen MR) is 103 cm³/mol. The number of aliphatic hydroxyl groups excluding tert-OH is 1. The molecule has 3 rings (SSSR count). The van der Waals surface area contributed by atoms with Crippen molar-refractivity contribution in [3.63, 3.8) is 0 Å². The maximum Gasteiger partial charge on any atom is 0.463 e. The van der Waals surface area contributed by atoms with Gasteiger partial charge in [-0.15, -0.1) is 0 Å². The minimum atomic E-state index is -4.09. The molecule has 0 aliphatic heterocycles. The van der Waals surface area contributed by atoms with Crippen LogP contribution in [0, 0.1) is 0 Å². The Bertz CT molecular complexity index is 874. The standard InChI is InChI=1S/C19H15Cl2O4P/c20-14-11-12-17(18(21)13-14)19(22)26(23,24-15-7-3-1-4-8-15)25-16-9-5-2-6-10-16/h1-13,19,22H/t19-/m0/s1. The van der Waals surface area contributed by atoms with Crippen LogP contribution in [0.25, 0.3) is 0 Å². The summed E-state index contributed by atoms with van der Waals surface area (Å²) in [6.07, 6.45) is 0. The molecular formula is C19H15Cl2O4P. The van der Waals surface area contributed by atoms with Crippen molar-refractivity contribution < 1.29 is 18.7 Å². The van der Waals surface area contributed by atoms with E-state index in [9.17, 15) is 9.67 Å². The molecule has 0 aliphatic rings. The molecule has 0 unspecified atom stereocenters. The fourth-order valence-corrected chi connectivity index (χ4v) is 4.48. The van der Waals surface area contributed by atoms with Gasteiger partial charge < -0.3 is 14.2 Å². The minimum absolute atomic E-state index is 0.165. The van der Waals surface area contributed by atoms with E-state index in [1.165, 1.54) is 12.1 Å². The van der Waals surface area contributed by atoms with Crippen LogP contribution in [0.5, 0.6) is 11.5 Å². The highest BCUT2D eigenvalue weighted by molar-refractivity contribution is 7.54. The first-order chi connectivity index (χ1) is 12.5. The highest BCUT2D eigenvalue weighted by atomic mass is 35.5. The molecule has 0 spiro atoms. The first kappa shape index (κ1) is 18.8. The Kier molecular flexibility index (Phi) is 5.90. The molecule has 1 atom stereocenters. The minimum Gasteiger partial charge on any atom is -0.414 e. The predicted octanol–water partition coefficient (Wildman–Crippen LogP) is 6.34. The molecule has 26 heavy (non-hydrogen) atoms. The van der Waals surface area contributed by atoms with Crippen LogP contribution < -0.4 is 9.05 Å². The zero-order chi connectivity index (χ0) is 18.6. The van der Waals surface area contributed by atoms with E-state index in [-0.39, 0.29) is 10.6 Å². The molecule has 4 nitrogen and oxygen atoms in total. The Balaban J connectivity index is 2.00. The highest BCUT2D eigenvalue weighted by Gasteiger charge is 2.40. The average molecular weight is 409 g/mol. The summed E-state index contributed by atoms with van der Waals surface area (Å²) in [6.45, 7) is 0. The Hall–Kier alpha value is -1.97. The fraction of sp³-hybridized carbons (Fsp3) is 0.0526. The molecule has 3 aromatic rings. The zero-order valence-electron chi connectivity index (χ0n) is 13.5. The fourth-order valence-electron chi connectivity index (χ4n) is 2.26. The van der Waals surface area contributed by atoms with Crippen LogP contribution in [-0.4, -0.2) is 5.11 Å². The van der Waals surface area contributed by atoms with Crippen molar-refractivity contribution in [3.05, 3.63) is 94.5 Å². The molecule has 0 radical (unpaired) electrons. The van der Waals surface area contributed by atoms with Crippen molar-refractivity contribution in [2.24, 2.45) is 0 Å². The molecule has 0 aromatic heterocycles. The first-order valence-corrected chi connectivity index (χ1v) is 10.1. The van der Waals surface area contributed by atoms with Crippen molar-refractivity contribution in [3.8, 4) is 11.5 Å². The number of hydrogen-bond donors (Lipinski definition) is 1. The third-order valence-electron chi connectivity index (χ3n) is 3.49. The number of hydrogen-bond acceptors (Lipinski definition) is 4. The van der Waals surface area contributed by atoms with Gasteiger partial charge in [-0.05, 0) is 36.4 Å². The average Bonchev–Trinajstić information content (AvgIpc) is 2.63. The quantitative estimate of drug-likeness (QED) is 0.483. The van der Waals surface area contributed by atoms with Crippen LogP contribution in [-0.2, 0) is 4.57 Å². The second-order valence-electron chi connectivity index (χ2n) is 5.39. The number of rotatable bonds is 6. The topological polar surface area (TPSA) is 55.8 Å². The van der Waals surface area contributed by atoms with Crippen molar-refractivity contribution in [2.75, 3.05) is 0 Å². The smallest absolute Gasteiger partial charge is 0.414 e. The van der Waals surface area contributed by atoms with Gasteiger partial charge in [-0.1, -0.05) is 65.7 Å². The summed E-state index contributed by atoms with van der Waals surface area (Å²) in [4.78, 5) is 0. The first-order valence-electron chi connectivity index (χ1n) is 7.70. The third-order valence-corrected chi connectivity index (χ3v) is 5.86. The van der Waals surface area contributed by atoms with Gasteiger partial charge in [0.25, 0.3) is 0 Å². The third kappa shape index (κ3) is 4.40. The van der Waals surface area contributed by atoms with E-state index in [0.717, 1.165) is 0 Å². The summed E-state index contributed by atoms with van der Waals surface area (Å²) in [6, 6.07) is 21.5.